The van der Waals surface area contributed by atoms with Crippen molar-refractivity contribution in [1.82, 2.24) is 5.32 Å². The van der Waals surface area contributed by atoms with Gasteiger partial charge in [0.15, 0.2) is 9.84 Å². The van der Waals surface area contributed by atoms with Crippen molar-refractivity contribution in [3.05, 3.63) is 28.8 Å². The minimum atomic E-state index is -3.23. The van der Waals surface area contributed by atoms with E-state index in [1.54, 1.807) is 19.1 Å². The van der Waals surface area contributed by atoms with Crippen molar-refractivity contribution in [1.29, 1.82) is 0 Å². The molecule has 0 saturated carbocycles. The van der Waals surface area contributed by atoms with Crippen LogP contribution in [0.25, 0.3) is 0 Å². The van der Waals surface area contributed by atoms with Crippen LogP contribution in [0.3, 0.4) is 0 Å². The largest absolute Gasteiger partial charge is 0.319 e. The molecule has 5 heteroatoms. The SMILES string of the molecule is CCS(=O)(=O)c1ccc(C(C)CNC)cc1Cl. The van der Waals surface area contributed by atoms with Crippen molar-refractivity contribution in [3.8, 4) is 0 Å². The summed E-state index contributed by atoms with van der Waals surface area (Å²) in [6.45, 7) is 4.51. The third kappa shape index (κ3) is 3.44. The molecule has 0 saturated heterocycles. The Labute approximate surface area is 108 Å². The first-order valence-corrected chi connectivity index (χ1v) is 7.62. The van der Waals surface area contributed by atoms with Crippen LogP contribution in [0.15, 0.2) is 23.1 Å². The highest BCUT2D eigenvalue weighted by Crippen LogP contribution is 2.26. The highest BCUT2D eigenvalue weighted by atomic mass is 35.5. The lowest BCUT2D eigenvalue weighted by Crippen LogP contribution is -2.15. The third-order valence-corrected chi connectivity index (χ3v) is 4.96. The van der Waals surface area contributed by atoms with Crippen LogP contribution in [0.5, 0.6) is 0 Å². The summed E-state index contributed by atoms with van der Waals surface area (Å²) in [6.07, 6.45) is 0. The number of likely N-dealkylation sites (N-methyl/N-ethyl adjacent to an activating group) is 1. The number of sulfone groups is 1. The first-order valence-electron chi connectivity index (χ1n) is 5.59. The fourth-order valence-corrected chi connectivity index (χ4v) is 3.14. The lowest BCUT2D eigenvalue weighted by molar-refractivity contribution is 0.597. The van der Waals surface area contributed by atoms with Crippen LogP contribution in [-0.4, -0.2) is 27.8 Å². The van der Waals surface area contributed by atoms with Crippen molar-refractivity contribution >= 4 is 21.4 Å². The monoisotopic (exact) mass is 275 g/mol. The predicted octanol–water partition coefficient (Wildman–Crippen LogP) is 2.46. The van der Waals surface area contributed by atoms with Gasteiger partial charge in [-0.1, -0.05) is 31.5 Å². The van der Waals surface area contributed by atoms with E-state index in [9.17, 15) is 8.42 Å². The van der Waals surface area contributed by atoms with E-state index in [2.05, 4.69) is 12.2 Å². The Balaban J connectivity index is 3.11. The van der Waals surface area contributed by atoms with Crippen LogP contribution in [0.4, 0.5) is 0 Å². The molecule has 1 N–H and O–H groups in total. The van der Waals surface area contributed by atoms with Gasteiger partial charge in [0, 0.05) is 6.54 Å². The number of benzene rings is 1. The molecule has 1 aromatic carbocycles. The van der Waals surface area contributed by atoms with Gasteiger partial charge in [-0.25, -0.2) is 8.42 Å². The average molecular weight is 276 g/mol. The summed E-state index contributed by atoms with van der Waals surface area (Å²) < 4.78 is 23.5. The molecular formula is C12H18ClNO2S. The van der Waals surface area contributed by atoms with E-state index in [0.717, 1.165) is 12.1 Å². The molecule has 0 spiro atoms. The van der Waals surface area contributed by atoms with Gasteiger partial charge in [0.2, 0.25) is 0 Å². The summed E-state index contributed by atoms with van der Waals surface area (Å²) in [6, 6.07) is 5.17. The minimum Gasteiger partial charge on any atom is -0.319 e. The maximum Gasteiger partial charge on any atom is 0.179 e. The quantitative estimate of drug-likeness (QED) is 0.898. The Kier molecular flexibility index (Phi) is 4.98. The topological polar surface area (TPSA) is 46.2 Å². The van der Waals surface area contributed by atoms with E-state index in [1.165, 1.54) is 0 Å². The first-order chi connectivity index (χ1) is 7.92. The fourth-order valence-electron chi connectivity index (χ4n) is 1.66. The number of hydrogen-bond donors (Lipinski definition) is 1. The molecule has 3 nitrogen and oxygen atoms in total. The fraction of sp³-hybridized carbons (Fsp3) is 0.500. The van der Waals surface area contributed by atoms with Crippen LogP contribution in [0, 0.1) is 0 Å². The Bertz CT molecular complexity index is 485. The van der Waals surface area contributed by atoms with Gasteiger partial charge in [-0.2, -0.15) is 0 Å². The molecule has 1 unspecified atom stereocenters. The van der Waals surface area contributed by atoms with Crippen LogP contribution in [0.1, 0.15) is 25.3 Å². The Morgan fingerprint density at radius 3 is 2.53 bits per heavy atom. The summed E-state index contributed by atoms with van der Waals surface area (Å²) in [5.74, 6) is 0.369. The standard InChI is InChI=1S/C12H18ClNO2S/c1-4-17(15,16)12-6-5-10(7-11(12)13)9(2)8-14-3/h5-7,9,14H,4,8H2,1-3H3. The van der Waals surface area contributed by atoms with E-state index in [1.807, 2.05) is 13.1 Å². The van der Waals surface area contributed by atoms with Crippen molar-refractivity contribution in [2.75, 3.05) is 19.3 Å². The van der Waals surface area contributed by atoms with Gasteiger partial charge in [-0.3, -0.25) is 0 Å². The van der Waals surface area contributed by atoms with Gasteiger partial charge in [-0.05, 0) is 30.7 Å². The second-order valence-electron chi connectivity index (χ2n) is 4.05. The Hall–Kier alpha value is -0.580. The molecule has 1 atom stereocenters. The zero-order valence-corrected chi connectivity index (χ0v) is 11.9. The summed E-state index contributed by atoms with van der Waals surface area (Å²) >= 11 is 6.04. The van der Waals surface area contributed by atoms with Crippen molar-refractivity contribution in [3.63, 3.8) is 0 Å². The molecule has 0 aliphatic heterocycles. The van der Waals surface area contributed by atoms with Gasteiger partial charge < -0.3 is 5.32 Å². The van der Waals surface area contributed by atoms with Crippen molar-refractivity contribution < 1.29 is 8.42 Å². The molecule has 0 amide bonds. The van der Waals surface area contributed by atoms with Gasteiger partial charge >= 0.3 is 0 Å². The number of rotatable bonds is 5. The number of nitrogens with one attached hydrogen (secondary N) is 1. The van der Waals surface area contributed by atoms with Crippen LogP contribution < -0.4 is 5.32 Å². The molecule has 96 valence electrons. The summed E-state index contributed by atoms with van der Waals surface area (Å²) in [7, 11) is -1.35. The van der Waals surface area contributed by atoms with E-state index in [0.29, 0.717) is 10.9 Å². The molecule has 1 aromatic rings. The van der Waals surface area contributed by atoms with E-state index >= 15 is 0 Å². The lowest BCUT2D eigenvalue weighted by atomic mass is 10.0. The third-order valence-electron chi connectivity index (χ3n) is 2.75. The van der Waals surface area contributed by atoms with E-state index in [4.69, 9.17) is 11.6 Å². The minimum absolute atomic E-state index is 0.0676. The van der Waals surface area contributed by atoms with Crippen LogP contribution >= 0.6 is 11.6 Å². The predicted molar refractivity (Wildman–Crippen MR) is 71.5 cm³/mol. The first kappa shape index (κ1) is 14.5. The van der Waals surface area contributed by atoms with E-state index in [-0.39, 0.29) is 10.6 Å². The highest BCUT2D eigenvalue weighted by molar-refractivity contribution is 7.91. The normalized spacial score (nSPS) is 13.6. The molecule has 17 heavy (non-hydrogen) atoms. The Morgan fingerprint density at radius 1 is 1.41 bits per heavy atom. The molecule has 0 aliphatic carbocycles. The molecule has 0 aliphatic rings. The van der Waals surface area contributed by atoms with Gasteiger partial charge in [0.05, 0.1) is 15.7 Å². The molecule has 0 fully saturated rings. The molecular weight excluding hydrogens is 258 g/mol. The molecule has 0 heterocycles. The second kappa shape index (κ2) is 5.85. The highest BCUT2D eigenvalue weighted by Gasteiger charge is 2.17. The zero-order valence-electron chi connectivity index (χ0n) is 10.3. The Morgan fingerprint density at radius 2 is 2.06 bits per heavy atom. The number of hydrogen-bond acceptors (Lipinski definition) is 3. The molecule has 1 rings (SSSR count). The van der Waals surface area contributed by atoms with Crippen LogP contribution in [-0.2, 0) is 9.84 Å². The molecule has 0 aromatic heterocycles. The second-order valence-corrected chi connectivity index (χ2v) is 6.71. The van der Waals surface area contributed by atoms with E-state index < -0.39 is 9.84 Å². The van der Waals surface area contributed by atoms with Gasteiger partial charge in [-0.15, -0.1) is 0 Å². The van der Waals surface area contributed by atoms with Gasteiger partial charge in [0.1, 0.15) is 0 Å². The van der Waals surface area contributed by atoms with Gasteiger partial charge in [0.25, 0.3) is 0 Å². The molecule has 0 radical (unpaired) electrons. The molecule has 0 bridgehead atoms. The van der Waals surface area contributed by atoms with Crippen molar-refractivity contribution in [2.45, 2.75) is 24.7 Å². The summed E-state index contributed by atoms with van der Waals surface area (Å²) in [4.78, 5) is 0.224. The maximum absolute atomic E-state index is 11.7. The van der Waals surface area contributed by atoms with Crippen molar-refractivity contribution in [2.24, 2.45) is 0 Å². The lowest BCUT2D eigenvalue weighted by Gasteiger charge is -2.13. The van der Waals surface area contributed by atoms with Crippen LogP contribution in [0.2, 0.25) is 5.02 Å². The smallest absolute Gasteiger partial charge is 0.179 e. The average Bonchev–Trinajstić information content (AvgIpc) is 2.29. The number of halogens is 1. The summed E-state index contributed by atoms with van der Waals surface area (Å²) in [5, 5.41) is 3.39. The maximum atomic E-state index is 11.7. The summed E-state index contributed by atoms with van der Waals surface area (Å²) in [5.41, 5.74) is 1.04. The zero-order chi connectivity index (χ0) is 13.1.